The number of rotatable bonds is 14. The Morgan fingerprint density at radius 1 is 0.514 bits per heavy atom. The monoisotopic (exact) mass is 1060 g/mol. The van der Waals surface area contributed by atoms with Crippen LogP contribution in [0.2, 0.25) is 0 Å². The van der Waals surface area contributed by atoms with Crippen LogP contribution in [0, 0.1) is 25.7 Å². The first kappa shape index (κ1) is 55.4. The molecular formula is C59H68O8S5. The SMILES string of the molecule is CSc1ccc(-c2ccc(Cc3cc(C4O[C@H](C)[C@@H](C)[C@H](OC(C)=O)[C@H]4OC(C)=O)ccc3C)s2)cc1.CSc1ccc(-c2ccc(Cc3cc(C4O[C@H](C)[C@@H](C)[C@H](OC(C)=O)[C@H]4SC)ccc3C)s2)cc1. The van der Waals surface area contributed by atoms with Crippen molar-refractivity contribution in [3.05, 3.63) is 152 Å². The molecule has 2 fully saturated rings. The first-order valence-corrected chi connectivity index (χ1v) is 29.8. The van der Waals surface area contributed by atoms with Gasteiger partial charge in [-0.25, -0.2) is 0 Å². The number of benzene rings is 4. The minimum atomic E-state index is -0.722. The van der Waals surface area contributed by atoms with Gasteiger partial charge in [-0.15, -0.1) is 46.2 Å². The van der Waals surface area contributed by atoms with Crippen LogP contribution in [0.4, 0.5) is 0 Å². The summed E-state index contributed by atoms with van der Waals surface area (Å²) in [7, 11) is 0. The van der Waals surface area contributed by atoms with E-state index in [0.717, 1.165) is 24.0 Å². The smallest absolute Gasteiger partial charge is 0.303 e. The molecule has 0 saturated carbocycles. The summed E-state index contributed by atoms with van der Waals surface area (Å²) in [6, 6.07) is 39.2. The number of hydrogen-bond acceptors (Lipinski definition) is 13. The van der Waals surface area contributed by atoms with Gasteiger partial charge in [0.25, 0.3) is 0 Å². The number of carbonyl (C=O) groups excluding carboxylic acids is 3. The predicted octanol–water partition coefficient (Wildman–Crippen LogP) is 14.8. The molecule has 72 heavy (non-hydrogen) atoms. The van der Waals surface area contributed by atoms with E-state index in [9.17, 15) is 14.4 Å². The molecule has 13 heteroatoms. The quantitative estimate of drug-likeness (QED) is 0.0593. The van der Waals surface area contributed by atoms with Crippen LogP contribution in [-0.4, -0.2) is 72.4 Å². The zero-order chi connectivity index (χ0) is 51.8. The normalized spacial score (nSPS) is 23.9. The summed E-state index contributed by atoms with van der Waals surface area (Å²) in [5.74, 6) is -1.03. The lowest BCUT2D eigenvalue weighted by Gasteiger charge is -2.44. The molecule has 0 amide bonds. The third-order valence-corrected chi connectivity index (χ3v) is 18.7. The van der Waals surface area contributed by atoms with Crippen LogP contribution in [0.25, 0.3) is 20.9 Å². The summed E-state index contributed by atoms with van der Waals surface area (Å²) in [5, 5.41) is 0.0539. The van der Waals surface area contributed by atoms with E-state index in [1.165, 1.54) is 83.5 Å². The Labute approximate surface area is 447 Å². The van der Waals surface area contributed by atoms with Crippen LogP contribution in [0.5, 0.6) is 0 Å². The van der Waals surface area contributed by atoms with E-state index in [4.69, 9.17) is 23.7 Å². The second-order valence-electron chi connectivity index (χ2n) is 18.9. The number of hydrogen-bond donors (Lipinski definition) is 0. The van der Waals surface area contributed by atoms with Crippen LogP contribution < -0.4 is 0 Å². The van der Waals surface area contributed by atoms with Gasteiger partial charge >= 0.3 is 17.9 Å². The molecule has 2 aliphatic heterocycles. The third kappa shape index (κ3) is 13.7. The first-order valence-electron chi connectivity index (χ1n) is 24.5. The van der Waals surface area contributed by atoms with Crippen LogP contribution in [0.15, 0.2) is 119 Å². The van der Waals surface area contributed by atoms with E-state index < -0.39 is 30.3 Å². The maximum atomic E-state index is 12.0. The fourth-order valence-electron chi connectivity index (χ4n) is 9.45. The van der Waals surface area contributed by atoms with Gasteiger partial charge in [-0.2, -0.15) is 11.8 Å². The zero-order valence-corrected chi connectivity index (χ0v) is 47.5. The summed E-state index contributed by atoms with van der Waals surface area (Å²) in [6.07, 6.45) is 5.65. The molecule has 2 unspecified atom stereocenters. The molecule has 4 aromatic carbocycles. The van der Waals surface area contributed by atoms with Crippen molar-refractivity contribution in [1.82, 2.24) is 0 Å². The highest BCUT2D eigenvalue weighted by Gasteiger charge is 2.47. The number of carbonyl (C=O) groups is 3. The molecule has 2 aliphatic rings. The largest absolute Gasteiger partial charge is 0.461 e. The van der Waals surface area contributed by atoms with Gasteiger partial charge in [0.05, 0.1) is 23.6 Å². The highest BCUT2D eigenvalue weighted by molar-refractivity contribution is 7.99. The first-order chi connectivity index (χ1) is 34.5. The Morgan fingerprint density at radius 3 is 1.35 bits per heavy atom. The molecule has 0 bridgehead atoms. The summed E-state index contributed by atoms with van der Waals surface area (Å²) in [5.41, 5.74) is 9.51. The van der Waals surface area contributed by atoms with Gasteiger partial charge in [0.15, 0.2) is 6.10 Å². The molecule has 8 nitrogen and oxygen atoms in total. The van der Waals surface area contributed by atoms with E-state index >= 15 is 0 Å². The Balaban J connectivity index is 0.000000212. The van der Waals surface area contributed by atoms with E-state index in [1.807, 2.05) is 31.3 Å². The standard InChI is InChI=1S/C30H34O5S2.C29H34O3S3/c1-17-7-8-23(29-30(35-21(5)32)28(34-20(4)31)18(2)19(3)33-29)15-24(17)16-26-13-14-27(37-26)22-9-11-25(36-6)12-10-22;1-17-7-8-22(28-29(34-6)27(32-20(4)30)18(2)19(3)31-28)15-23(17)16-25-13-14-26(35-25)21-9-11-24(33-5)12-10-21/h7-15,18-19,28-30H,16H2,1-6H3;7-15,18-19,27-29H,16H2,1-6H3/t18-,19-,28+,29?,30-;18-,19-,27+,28?,29-/m11/s1. The highest BCUT2D eigenvalue weighted by Crippen LogP contribution is 2.44. The van der Waals surface area contributed by atoms with Gasteiger partial charge in [0, 0.05) is 74.7 Å². The van der Waals surface area contributed by atoms with E-state index in [0.29, 0.717) is 0 Å². The van der Waals surface area contributed by atoms with Gasteiger partial charge in [-0.1, -0.05) is 74.5 Å². The number of thiophene rings is 2. The minimum absolute atomic E-state index is 0.00912. The molecule has 6 aromatic rings. The van der Waals surface area contributed by atoms with Gasteiger partial charge < -0.3 is 23.7 Å². The second kappa shape index (κ2) is 25.3. The topological polar surface area (TPSA) is 97.4 Å². The Hall–Kier alpha value is -4.34. The van der Waals surface area contributed by atoms with Crippen molar-refractivity contribution < 1.29 is 38.1 Å². The zero-order valence-electron chi connectivity index (χ0n) is 43.4. The molecule has 0 N–H and O–H groups in total. The molecule has 8 rings (SSSR count). The summed E-state index contributed by atoms with van der Waals surface area (Å²) in [6.45, 7) is 16.6. The fourth-order valence-corrected chi connectivity index (χ4v) is 13.4. The molecule has 0 radical (unpaired) electrons. The van der Waals surface area contributed by atoms with Crippen molar-refractivity contribution in [3.63, 3.8) is 0 Å². The molecule has 10 atom stereocenters. The molecule has 0 aliphatic carbocycles. The Morgan fingerprint density at radius 2 is 0.917 bits per heavy atom. The van der Waals surface area contributed by atoms with Crippen LogP contribution in [-0.2, 0) is 50.9 Å². The molecule has 4 heterocycles. The summed E-state index contributed by atoms with van der Waals surface area (Å²) >= 11 is 8.88. The van der Waals surface area contributed by atoms with E-state index in [-0.39, 0.29) is 47.5 Å². The van der Waals surface area contributed by atoms with E-state index in [2.05, 4.69) is 150 Å². The van der Waals surface area contributed by atoms with Crippen molar-refractivity contribution in [2.45, 2.75) is 133 Å². The number of esters is 3. The Bertz CT molecular complexity index is 2780. The predicted molar refractivity (Wildman–Crippen MR) is 300 cm³/mol. The van der Waals surface area contributed by atoms with Crippen molar-refractivity contribution in [2.75, 3.05) is 18.8 Å². The van der Waals surface area contributed by atoms with Gasteiger partial charge in [0.1, 0.15) is 18.3 Å². The van der Waals surface area contributed by atoms with Gasteiger partial charge in [0.2, 0.25) is 0 Å². The highest BCUT2D eigenvalue weighted by atomic mass is 32.2. The summed E-state index contributed by atoms with van der Waals surface area (Å²) < 4.78 is 30.0. The van der Waals surface area contributed by atoms with Crippen LogP contribution in [0.3, 0.4) is 0 Å². The third-order valence-electron chi connectivity index (χ3n) is 13.9. The van der Waals surface area contributed by atoms with Crippen molar-refractivity contribution in [2.24, 2.45) is 11.8 Å². The van der Waals surface area contributed by atoms with Crippen LogP contribution >= 0.6 is 58.0 Å². The van der Waals surface area contributed by atoms with E-state index in [1.54, 1.807) is 46.6 Å². The Kier molecular flexibility index (Phi) is 19.4. The molecule has 0 spiro atoms. The summed E-state index contributed by atoms with van der Waals surface area (Å²) in [4.78, 5) is 43.4. The lowest BCUT2D eigenvalue weighted by atomic mass is 9.85. The number of ether oxygens (including phenoxy) is 5. The lowest BCUT2D eigenvalue weighted by Crippen LogP contribution is -2.52. The average Bonchev–Trinajstić information content (AvgIpc) is 4.04. The van der Waals surface area contributed by atoms with Crippen molar-refractivity contribution in [1.29, 1.82) is 0 Å². The number of thioether (sulfide) groups is 3. The number of aryl methyl sites for hydroxylation is 2. The molecular weight excluding hydrogens is 997 g/mol. The molecule has 2 saturated heterocycles. The van der Waals surface area contributed by atoms with Crippen LogP contribution in [0.1, 0.15) is 104 Å². The lowest BCUT2D eigenvalue weighted by molar-refractivity contribution is -0.222. The van der Waals surface area contributed by atoms with Crippen molar-refractivity contribution in [3.8, 4) is 20.9 Å². The second-order valence-corrected chi connectivity index (χ2v) is 24.0. The fraction of sp³-hybridized carbons (Fsp3) is 0.407. The molecule has 2 aromatic heterocycles. The van der Waals surface area contributed by atoms with Crippen molar-refractivity contribution >= 4 is 75.9 Å². The van der Waals surface area contributed by atoms with Gasteiger partial charge in [-0.3, -0.25) is 14.4 Å². The molecule has 382 valence electrons. The van der Waals surface area contributed by atoms with Gasteiger partial charge in [-0.05, 0) is 140 Å². The average molecular weight is 1070 g/mol. The maximum Gasteiger partial charge on any atom is 0.303 e. The minimum Gasteiger partial charge on any atom is -0.461 e. The maximum absolute atomic E-state index is 12.0.